The summed E-state index contributed by atoms with van der Waals surface area (Å²) in [5, 5.41) is 0. The van der Waals surface area contributed by atoms with E-state index >= 15 is 0 Å². The van der Waals surface area contributed by atoms with Gasteiger partial charge in [-0.3, -0.25) is 9.36 Å². The van der Waals surface area contributed by atoms with Gasteiger partial charge in [-0.1, -0.05) is 41.5 Å². The number of Topliss-reactive ketones (excluding diaryl/α,β-unsaturated/α-hetero) is 1. The highest BCUT2D eigenvalue weighted by Crippen LogP contribution is 2.51. The zero-order valence-electron chi connectivity index (χ0n) is 10.9. The van der Waals surface area contributed by atoms with Crippen molar-refractivity contribution in [1.29, 1.82) is 0 Å². The molecule has 0 saturated carbocycles. The van der Waals surface area contributed by atoms with Gasteiger partial charge < -0.3 is 9.79 Å². The van der Waals surface area contributed by atoms with Crippen molar-refractivity contribution in [3.8, 4) is 0 Å². The zero-order valence-corrected chi connectivity index (χ0v) is 11.8. The molecule has 96 valence electrons. The highest BCUT2D eigenvalue weighted by atomic mass is 31.2. The molecule has 0 aliphatic heterocycles. The van der Waals surface area contributed by atoms with Crippen LogP contribution in [-0.2, 0) is 9.36 Å². The Hall–Kier alpha value is -0.180. The Kier molecular flexibility index (Phi) is 4.54. The van der Waals surface area contributed by atoms with Crippen LogP contribution in [0.25, 0.3) is 0 Å². The molecule has 0 aromatic heterocycles. The van der Waals surface area contributed by atoms with Gasteiger partial charge >= 0.3 is 7.60 Å². The monoisotopic (exact) mass is 250 g/mol. The van der Waals surface area contributed by atoms with Gasteiger partial charge in [0.25, 0.3) is 0 Å². The molecule has 1 atom stereocenters. The topological polar surface area (TPSA) is 74.6 Å². The third-order valence-electron chi connectivity index (χ3n) is 2.17. The van der Waals surface area contributed by atoms with Crippen LogP contribution in [0.15, 0.2) is 0 Å². The van der Waals surface area contributed by atoms with Gasteiger partial charge in [-0.15, -0.1) is 0 Å². The molecule has 0 saturated heterocycles. The second-order valence-corrected chi connectivity index (χ2v) is 8.26. The maximum atomic E-state index is 12.0. The van der Waals surface area contributed by atoms with E-state index < -0.39 is 18.7 Å². The fraction of sp³-hybridized carbons (Fsp3) is 0.909. The molecule has 0 aromatic carbocycles. The normalized spacial score (nSPS) is 16.0. The second-order valence-electron chi connectivity index (χ2n) is 6.56. The van der Waals surface area contributed by atoms with Crippen molar-refractivity contribution in [1.82, 2.24) is 0 Å². The van der Waals surface area contributed by atoms with E-state index in [0.717, 1.165) is 0 Å². The first-order valence-electron chi connectivity index (χ1n) is 5.33. The fourth-order valence-corrected chi connectivity index (χ4v) is 3.27. The number of carbonyl (C=O) groups excluding carboxylic acids is 1. The third-order valence-corrected chi connectivity index (χ3v) is 3.90. The Labute approximate surface area is 97.6 Å². The van der Waals surface area contributed by atoms with E-state index in [9.17, 15) is 19.1 Å². The number of rotatable bonds is 3. The van der Waals surface area contributed by atoms with E-state index in [-0.39, 0.29) is 17.6 Å². The predicted octanol–water partition coefficient (Wildman–Crippen LogP) is 2.58. The average molecular weight is 250 g/mol. The van der Waals surface area contributed by atoms with Gasteiger partial charge in [-0.25, -0.2) is 0 Å². The van der Waals surface area contributed by atoms with Crippen molar-refractivity contribution >= 4 is 13.4 Å². The van der Waals surface area contributed by atoms with Crippen molar-refractivity contribution in [3.63, 3.8) is 0 Å². The van der Waals surface area contributed by atoms with Crippen LogP contribution < -0.4 is 0 Å². The van der Waals surface area contributed by atoms with Gasteiger partial charge in [-0.05, 0) is 10.8 Å². The van der Waals surface area contributed by atoms with E-state index in [1.807, 2.05) is 20.8 Å². The molecular formula is C11H23O4P. The van der Waals surface area contributed by atoms with Gasteiger partial charge in [0.2, 0.25) is 0 Å². The lowest BCUT2D eigenvalue weighted by molar-refractivity contribution is -0.122. The Morgan fingerprint density at radius 2 is 1.50 bits per heavy atom. The van der Waals surface area contributed by atoms with Gasteiger partial charge in [-0.2, -0.15) is 0 Å². The SMILES string of the molecule is CC(C)(C)CC(=O)C(C(C)(C)C)P(=O)(O)O. The van der Waals surface area contributed by atoms with E-state index in [4.69, 9.17) is 0 Å². The van der Waals surface area contributed by atoms with Crippen LogP contribution in [0.4, 0.5) is 0 Å². The van der Waals surface area contributed by atoms with Crippen LogP contribution in [0, 0.1) is 10.8 Å². The smallest absolute Gasteiger partial charge is 0.324 e. The fourth-order valence-electron chi connectivity index (χ4n) is 1.79. The maximum Gasteiger partial charge on any atom is 0.336 e. The molecule has 4 nitrogen and oxygen atoms in total. The summed E-state index contributed by atoms with van der Waals surface area (Å²) < 4.78 is 11.4. The van der Waals surface area contributed by atoms with Gasteiger partial charge in [0.15, 0.2) is 0 Å². The summed E-state index contributed by atoms with van der Waals surface area (Å²) in [5.41, 5.74) is -2.18. The van der Waals surface area contributed by atoms with Crippen LogP contribution in [0.2, 0.25) is 0 Å². The van der Waals surface area contributed by atoms with Crippen LogP contribution in [0.5, 0.6) is 0 Å². The number of hydrogen-bond acceptors (Lipinski definition) is 2. The lowest BCUT2D eigenvalue weighted by Gasteiger charge is -2.31. The highest BCUT2D eigenvalue weighted by Gasteiger charge is 2.44. The summed E-state index contributed by atoms with van der Waals surface area (Å²) in [6.45, 7) is 10.7. The van der Waals surface area contributed by atoms with Crippen molar-refractivity contribution in [3.05, 3.63) is 0 Å². The summed E-state index contributed by atoms with van der Waals surface area (Å²) in [6.07, 6.45) is 0.181. The first kappa shape index (κ1) is 15.8. The van der Waals surface area contributed by atoms with Gasteiger partial charge in [0, 0.05) is 6.42 Å². The third kappa shape index (κ3) is 5.24. The molecule has 0 aliphatic carbocycles. The minimum atomic E-state index is -4.39. The zero-order chi connectivity index (χ0) is 13.4. The van der Waals surface area contributed by atoms with Crippen molar-refractivity contribution in [2.24, 2.45) is 10.8 Å². The Balaban J connectivity index is 5.11. The molecule has 2 N–H and O–H groups in total. The Morgan fingerprint density at radius 3 is 1.69 bits per heavy atom. The summed E-state index contributed by atoms with van der Waals surface area (Å²) >= 11 is 0. The molecule has 0 heterocycles. The summed E-state index contributed by atoms with van der Waals surface area (Å²) in [6, 6.07) is 0. The summed E-state index contributed by atoms with van der Waals surface area (Å²) in [7, 11) is -4.39. The number of hydrogen-bond donors (Lipinski definition) is 2. The first-order valence-corrected chi connectivity index (χ1v) is 7.01. The molecule has 0 radical (unpaired) electrons. The second kappa shape index (κ2) is 4.59. The van der Waals surface area contributed by atoms with Crippen LogP contribution in [0.3, 0.4) is 0 Å². The summed E-state index contributed by atoms with van der Waals surface area (Å²) in [5.74, 6) is -0.353. The molecule has 0 aliphatic rings. The van der Waals surface area contributed by atoms with Crippen molar-refractivity contribution in [2.45, 2.75) is 53.6 Å². The molecule has 0 fully saturated rings. The number of ketones is 1. The van der Waals surface area contributed by atoms with E-state index in [2.05, 4.69) is 0 Å². The highest BCUT2D eigenvalue weighted by molar-refractivity contribution is 7.53. The van der Waals surface area contributed by atoms with Crippen LogP contribution >= 0.6 is 7.60 Å². The minimum Gasteiger partial charge on any atom is -0.324 e. The predicted molar refractivity (Wildman–Crippen MR) is 64.4 cm³/mol. The molecular weight excluding hydrogens is 227 g/mol. The standard InChI is InChI=1S/C11H23O4P/c1-10(2,3)7-8(12)9(11(4,5)6)16(13,14)15/h9H,7H2,1-6H3,(H2,13,14,15). The molecule has 0 bridgehead atoms. The molecule has 5 heteroatoms. The van der Waals surface area contributed by atoms with Gasteiger partial charge in [0.05, 0.1) is 0 Å². The lowest BCUT2D eigenvalue weighted by Crippen LogP contribution is -2.36. The Bertz CT molecular complexity index is 303. The molecule has 0 aromatic rings. The molecule has 0 spiro atoms. The first-order chi connectivity index (χ1) is 6.75. The minimum absolute atomic E-state index is 0.181. The maximum absolute atomic E-state index is 12.0. The molecule has 16 heavy (non-hydrogen) atoms. The largest absolute Gasteiger partial charge is 0.336 e. The Morgan fingerprint density at radius 1 is 1.12 bits per heavy atom. The van der Waals surface area contributed by atoms with Crippen LogP contribution in [0.1, 0.15) is 48.0 Å². The van der Waals surface area contributed by atoms with Crippen LogP contribution in [-0.4, -0.2) is 21.2 Å². The summed E-state index contributed by atoms with van der Waals surface area (Å²) in [4.78, 5) is 30.5. The molecule has 0 amide bonds. The molecule has 0 rings (SSSR count). The van der Waals surface area contributed by atoms with E-state index in [0.29, 0.717) is 0 Å². The van der Waals surface area contributed by atoms with Crippen molar-refractivity contribution in [2.75, 3.05) is 0 Å². The van der Waals surface area contributed by atoms with E-state index in [1.165, 1.54) is 0 Å². The quantitative estimate of drug-likeness (QED) is 0.755. The lowest BCUT2D eigenvalue weighted by atomic mass is 9.82. The molecule has 1 unspecified atom stereocenters. The van der Waals surface area contributed by atoms with Crippen molar-refractivity contribution < 1.29 is 19.1 Å². The van der Waals surface area contributed by atoms with Gasteiger partial charge in [0.1, 0.15) is 11.4 Å². The number of carbonyl (C=O) groups is 1. The average Bonchev–Trinajstić information content (AvgIpc) is 1.70. The van der Waals surface area contributed by atoms with E-state index in [1.54, 1.807) is 20.8 Å².